The van der Waals surface area contributed by atoms with Gasteiger partial charge in [0.15, 0.2) is 0 Å². The molecule has 1 aliphatic rings. The second kappa shape index (κ2) is 7.29. The van der Waals surface area contributed by atoms with Crippen LogP contribution in [0.3, 0.4) is 0 Å². The van der Waals surface area contributed by atoms with Crippen molar-refractivity contribution in [3.05, 3.63) is 29.8 Å². The number of benzene rings is 1. The zero-order valence-corrected chi connectivity index (χ0v) is 12.4. The molecule has 1 aromatic rings. The van der Waals surface area contributed by atoms with Crippen LogP contribution in [0.5, 0.6) is 5.75 Å². The van der Waals surface area contributed by atoms with E-state index in [1.54, 1.807) is 19.0 Å². The third-order valence-electron chi connectivity index (χ3n) is 3.42. The molecule has 2 rings (SSSR count). The number of carbonyl (C=O) groups is 1. The molecule has 20 heavy (non-hydrogen) atoms. The maximum absolute atomic E-state index is 11.5. The topological polar surface area (TPSA) is 41.6 Å². The van der Waals surface area contributed by atoms with Crippen molar-refractivity contribution < 1.29 is 9.53 Å². The maximum atomic E-state index is 11.5. The second-order valence-corrected chi connectivity index (χ2v) is 5.50. The van der Waals surface area contributed by atoms with Crippen LogP contribution in [0.25, 0.3) is 0 Å². The minimum atomic E-state index is 0.150. The van der Waals surface area contributed by atoms with Crippen LogP contribution in [0, 0.1) is 0 Å². The van der Waals surface area contributed by atoms with Crippen LogP contribution in [-0.2, 0) is 11.3 Å². The van der Waals surface area contributed by atoms with Crippen molar-refractivity contribution in [3.8, 4) is 5.75 Å². The van der Waals surface area contributed by atoms with Gasteiger partial charge in [-0.25, -0.2) is 0 Å². The van der Waals surface area contributed by atoms with Gasteiger partial charge in [0.25, 0.3) is 0 Å². The van der Waals surface area contributed by atoms with Crippen molar-refractivity contribution in [2.24, 2.45) is 0 Å². The molecule has 1 N–H and O–H groups in total. The van der Waals surface area contributed by atoms with E-state index in [9.17, 15) is 4.79 Å². The summed E-state index contributed by atoms with van der Waals surface area (Å²) in [5.74, 6) is 1.08. The first-order valence-corrected chi connectivity index (χ1v) is 7.31. The Balaban J connectivity index is 1.75. The summed E-state index contributed by atoms with van der Waals surface area (Å²) < 4.78 is 5.81. The molecule has 0 aliphatic heterocycles. The number of rotatable bonds is 8. The van der Waals surface area contributed by atoms with E-state index in [2.05, 4.69) is 11.4 Å². The summed E-state index contributed by atoms with van der Waals surface area (Å²) in [6, 6.07) is 8.81. The SMILES string of the molecule is CN(C)C(=O)CCCOc1ccccc1CNC1CC1. The molecular weight excluding hydrogens is 252 g/mol. The summed E-state index contributed by atoms with van der Waals surface area (Å²) in [5, 5.41) is 3.50. The highest BCUT2D eigenvalue weighted by molar-refractivity contribution is 5.75. The first-order valence-electron chi connectivity index (χ1n) is 7.31. The number of para-hydroxylation sites is 1. The zero-order valence-electron chi connectivity index (χ0n) is 12.4. The van der Waals surface area contributed by atoms with Crippen LogP contribution in [0.2, 0.25) is 0 Å². The van der Waals surface area contributed by atoms with E-state index in [4.69, 9.17) is 4.74 Å². The summed E-state index contributed by atoms with van der Waals surface area (Å²) in [4.78, 5) is 13.1. The highest BCUT2D eigenvalue weighted by atomic mass is 16.5. The van der Waals surface area contributed by atoms with Gasteiger partial charge in [-0.2, -0.15) is 0 Å². The normalized spacial score (nSPS) is 14.1. The Hall–Kier alpha value is -1.55. The average Bonchev–Trinajstić information content (AvgIpc) is 3.26. The summed E-state index contributed by atoms with van der Waals surface area (Å²) in [5.41, 5.74) is 1.19. The van der Waals surface area contributed by atoms with Gasteiger partial charge in [-0.3, -0.25) is 4.79 Å². The van der Waals surface area contributed by atoms with Gasteiger partial charge >= 0.3 is 0 Å². The van der Waals surface area contributed by atoms with Gasteiger partial charge < -0.3 is 15.0 Å². The van der Waals surface area contributed by atoms with Gasteiger partial charge in [0.2, 0.25) is 5.91 Å². The average molecular weight is 276 g/mol. The lowest BCUT2D eigenvalue weighted by molar-refractivity contribution is -0.128. The first-order chi connectivity index (χ1) is 9.66. The maximum Gasteiger partial charge on any atom is 0.222 e. The molecule has 4 heteroatoms. The van der Waals surface area contributed by atoms with E-state index >= 15 is 0 Å². The molecule has 0 unspecified atom stereocenters. The summed E-state index contributed by atoms with van der Waals surface area (Å²) >= 11 is 0. The quantitative estimate of drug-likeness (QED) is 0.740. The second-order valence-electron chi connectivity index (χ2n) is 5.50. The largest absolute Gasteiger partial charge is 0.493 e. The van der Waals surface area contributed by atoms with Crippen molar-refractivity contribution in [2.75, 3.05) is 20.7 Å². The van der Waals surface area contributed by atoms with Crippen LogP contribution >= 0.6 is 0 Å². The molecule has 0 saturated heterocycles. The number of carbonyl (C=O) groups excluding carboxylic acids is 1. The van der Waals surface area contributed by atoms with Crippen molar-refractivity contribution in [1.29, 1.82) is 0 Å². The fraction of sp³-hybridized carbons (Fsp3) is 0.562. The molecule has 0 heterocycles. The number of nitrogens with one attached hydrogen (secondary N) is 1. The molecule has 0 bridgehead atoms. The van der Waals surface area contributed by atoms with Crippen LogP contribution in [0.1, 0.15) is 31.2 Å². The van der Waals surface area contributed by atoms with E-state index in [0.717, 1.165) is 18.7 Å². The predicted molar refractivity (Wildman–Crippen MR) is 79.7 cm³/mol. The van der Waals surface area contributed by atoms with E-state index in [1.165, 1.54) is 18.4 Å². The van der Waals surface area contributed by atoms with E-state index in [0.29, 0.717) is 19.1 Å². The Bertz CT molecular complexity index is 442. The third-order valence-corrected chi connectivity index (χ3v) is 3.42. The number of hydrogen-bond acceptors (Lipinski definition) is 3. The van der Waals surface area contributed by atoms with Crippen molar-refractivity contribution >= 4 is 5.91 Å². The number of nitrogens with zero attached hydrogens (tertiary/aromatic N) is 1. The Kier molecular flexibility index (Phi) is 5.41. The smallest absolute Gasteiger partial charge is 0.222 e. The molecule has 110 valence electrons. The molecular formula is C16H24N2O2. The van der Waals surface area contributed by atoms with Crippen LogP contribution < -0.4 is 10.1 Å². The van der Waals surface area contributed by atoms with Gasteiger partial charge in [-0.1, -0.05) is 18.2 Å². The Morgan fingerprint density at radius 1 is 1.35 bits per heavy atom. The highest BCUT2D eigenvalue weighted by Gasteiger charge is 2.20. The first kappa shape index (κ1) is 14.9. The van der Waals surface area contributed by atoms with Crippen LogP contribution in [-0.4, -0.2) is 37.6 Å². The molecule has 4 nitrogen and oxygen atoms in total. The Morgan fingerprint density at radius 3 is 2.80 bits per heavy atom. The minimum absolute atomic E-state index is 0.150. The van der Waals surface area contributed by atoms with Crippen molar-refractivity contribution in [2.45, 2.75) is 38.3 Å². The minimum Gasteiger partial charge on any atom is -0.493 e. The van der Waals surface area contributed by atoms with Gasteiger partial charge in [-0.15, -0.1) is 0 Å². The highest BCUT2D eigenvalue weighted by Crippen LogP contribution is 2.22. The Labute approximate surface area is 121 Å². The van der Waals surface area contributed by atoms with Gasteiger partial charge in [0.05, 0.1) is 6.61 Å². The van der Waals surface area contributed by atoms with E-state index in [-0.39, 0.29) is 5.91 Å². The Morgan fingerprint density at radius 2 is 2.10 bits per heavy atom. The number of amides is 1. The fourth-order valence-corrected chi connectivity index (χ4v) is 1.96. The van der Waals surface area contributed by atoms with Crippen LogP contribution in [0.15, 0.2) is 24.3 Å². The summed E-state index contributed by atoms with van der Waals surface area (Å²) in [6.07, 6.45) is 3.86. The van der Waals surface area contributed by atoms with Crippen LogP contribution in [0.4, 0.5) is 0 Å². The van der Waals surface area contributed by atoms with E-state index in [1.807, 2.05) is 18.2 Å². The lowest BCUT2D eigenvalue weighted by atomic mass is 10.2. The van der Waals surface area contributed by atoms with Crippen molar-refractivity contribution in [3.63, 3.8) is 0 Å². The van der Waals surface area contributed by atoms with Gasteiger partial charge in [0, 0.05) is 38.7 Å². The number of hydrogen-bond donors (Lipinski definition) is 1. The molecule has 1 fully saturated rings. The summed E-state index contributed by atoms with van der Waals surface area (Å²) in [6.45, 7) is 1.44. The third kappa shape index (κ3) is 4.85. The molecule has 0 spiro atoms. The van der Waals surface area contributed by atoms with Crippen molar-refractivity contribution in [1.82, 2.24) is 10.2 Å². The standard InChI is InChI=1S/C16H24N2O2/c1-18(2)16(19)8-5-11-20-15-7-4-3-6-13(15)12-17-14-9-10-14/h3-4,6-7,14,17H,5,8-12H2,1-2H3. The summed E-state index contributed by atoms with van der Waals surface area (Å²) in [7, 11) is 3.56. The monoisotopic (exact) mass is 276 g/mol. The molecule has 0 aromatic heterocycles. The predicted octanol–water partition coefficient (Wildman–Crippen LogP) is 2.19. The zero-order chi connectivity index (χ0) is 14.4. The van der Waals surface area contributed by atoms with E-state index < -0.39 is 0 Å². The molecule has 0 atom stereocenters. The number of ether oxygens (including phenoxy) is 1. The molecule has 1 amide bonds. The lowest BCUT2D eigenvalue weighted by Gasteiger charge is -2.13. The molecule has 1 aromatic carbocycles. The molecule has 0 radical (unpaired) electrons. The molecule has 1 aliphatic carbocycles. The molecule has 1 saturated carbocycles. The lowest BCUT2D eigenvalue weighted by Crippen LogP contribution is -2.21. The van der Waals surface area contributed by atoms with Gasteiger partial charge in [0.1, 0.15) is 5.75 Å². The fourth-order valence-electron chi connectivity index (χ4n) is 1.96. The van der Waals surface area contributed by atoms with Gasteiger partial charge in [-0.05, 0) is 25.3 Å².